The third kappa shape index (κ3) is 149000. The monoisotopic (exact) mass is 334 g/mol. The molecule has 0 spiro atoms. The zero-order chi connectivity index (χ0) is 17.7. The number of nitrogens with zero attached hydrogens (tertiary/aromatic N) is 2. The van der Waals surface area contributed by atoms with E-state index in [4.69, 9.17) is 39.6 Å². The minimum Gasteiger partial charge on any atom is 0 e. The second-order valence-corrected chi connectivity index (χ2v) is 4.08. The van der Waals surface area contributed by atoms with E-state index in [1.54, 1.807) is 0 Å². The zero-order valence-corrected chi connectivity index (χ0v) is 15.7. The molecule has 0 aromatic carbocycles. The van der Waals surface area contributed by atoms with E-state index in [0.29, 0.717) is 0 Å². The van der Waals surface area contributed by atoms with Gasteiger partial charge in [0.25, 0.3) is 23.9 Å². The number of carboxylic acids is 4. The van der Waals surface area contributed by atoms with Crippen LogP contribution in [0.15, 0.2) is 0 Å². The van der Waals surface area contributed by atoms with E-state index in [9.17, 15) is 0 Å². The minimum atomic E-state index is -0.833. The summed E-state index contributed by atoms with van der Waals surface area (Å²) in [6, 6.07) is 0. The molecule has 0 amide bonds. The van der Waals surface area contributed by atoms with E-state index < -0.39 is 23.9 Å². The summed E-state index contributed by atoms with van der Waals surface area (Å²) in [6.07, 6.45) is 1.38. The molecule has 0 saturated carbocycles. The zero-order valence-electron chi connectivity index (χ0n) is 13.7. The molecule has 0 rings (SSSR count). The number of aliphatic carboxylic acids is 4. The molecule has 0 unspecified atom stereocenters. The Morgan fingerprint density at radius 1 is 0.682 bits per heavy atom. The molecule has 0 saturated heterocycles. The summed E-state index contributed by atoms with van der Waals surface area (Å²) >= 11 is 1.39. The fourth-order valence-corrected chi connectivity index (χ4v) is 0. The number of hydrogen-bond donors (Lipinski definition) is 4. The van der Waals surface area contributed by atoms with Gasteiger partial charge in [0.15, 0.2) is 0 Å². The maximum Gasteiger partial charge on any atom is 0 e. The van der Waals surface area contributed by atoms with Crippen LogP contribution in [-0.4, -0.2) is 72.2 Å². The van der Waals surface area contributed by atoms with Crippen LogP contribution in [0.3, 0.4) is 0 Å². The van der Waals surface area contributed by atoms with Gasteiger partial charge in [0, 0.05) is 40.0 Å². The fourth-order valence-electron chi connectivity index (χ4n) is 0. The predicted octanol–water partition coefficient (Wildman–Crippen LogP) is 0.386. The van der Waals surface area contributed by atoms with E-state index in [-0.39, 0.29) is 12.3 Å². The Kier molecular flexibility index (Phi) is 83.1. The summed E-state index contributed by atoms with van der Waals surface area (Å²) in [5.74, 6) is -3.33. The van der Waals surface area contributed by atoms with Crippen LogP contribution < -0.4 is 12.3 Å². The van der Waals surface area contributed by atoms with Gasteiger partial charge in [-0.3, -0.25) is 19.2 Å². The van der Waals surface area contributed by atoms with Crippen molar-refractivity contribution in [1.82, 2.24) is 12.3 Å². The average molecular weight is 334 g/mol. The first-order chi connectivity index (χ1) is 8.84. The molecular formula is C11H23N2NaO8. The number of carbonyl (C=O) groups is 4. The molecule has 22 heavy (non-hydrogen) atoms. The van der Waals surface area contributed by atoms with Crippen LogP contribution in [0.2, 0.25) is 3.67 Å². The molecule has 10 nitrogen and oxygen atoms in total. The van der Waals surface area contributed by atoms with Gasteiger partial charge >= 0.3 is 44.9 Å². The van der Waals surface area contributed by atoms with Crippen molar-refractivity contribution in [3.05, 3.63) is 0 Å². The predicted molar refractivity (Wildman–Crippen MR) is 78.4 cm³/mol. The number of hydrogen-bond acceptors (Lipinski definition) is 4. The first-order valence-electron chi connectivity index (χ1n) is 5.63. The van der Waals surface area contributed by atoms with Crippen molar-refractivity contribution in [2.75, 3.05) is 0 Å². The van der Waals surface area contributed by atoms with Crippen molar-refractivity contribution in [3.8, 4) is 0 Å². The van der Waals surface area contributed by atoms with Crippen LogP contribution in [0.5, 0.6) is 0 Å². The van der Waals surface area contributed by atoms with Gasteiger partial charge in [0.1, 0.15) is 0 Å². The Balaban J connectivity index is -0.0000000250. The molecule has 0 aliphatic carbocycles. The second-order valence-electron chi connectivity index (χ2n) is 3.08. The topological polar surface area (TPSA) is 210 Å². The van der Waals surface area contributed by atoms with Crippen molar-refractivity contribution in [2.24, 2.45) is 0 Å². The third-order valence-electron chi connectivity index (χ3n) is 0.500. The molecule has 0 aromatic heterocycles. The van der Waals surface area contributed by atoms with Crippen molar-refractivity contribution >= 4 is 51.8 Å². The van der Waals surface area contributed by atoms with Crippen LogP contribution >= 0.6 is 0 Å². The minimum absolute atomic E-state index is 0. The maximum atomic E-state index is 9.00. The van der Waals surface area contributed by atoms with Gasteiger partial charge in [0.2, 0.25) is 0 Å². The van der Waals surface area contributed by atoms with Crippen molar-refractivity contribution < 1.29 is 39.6 Å². The Labute approximate surface area is 148 Å². The molecule has 126 valence electrons. The van der Waals surface area contributed by atoms with Crippen LogP contribution in [-0.2, 0) is 19.2 Å². The summed E-state index contributed by atoms with van der Waals surface area (Å²) in [5, 5.41) is 29.7. The summed E-state index contributed by atoms with van der Waals surface area (Å²) in [5.41, 5.74) is 0. The standard InChI is InChI=1S/C3H7.4C2H4O2.2N.Na/c1-3-2;4*1-2(3)4;;;/h1,3H2,2H3;4*1H3,(H,3,4);;;. The molecule has 0 atom stereocenters. The first-order valence-corrected chi connectivity index (χ1v) is 7.04. The van der Waals surface area contributed by atoms with Gasteiger partial charge in [0.05, 0.1) is 0 Å². The van der Waals surface area contributed by atoms with Gasteiger partial charge in [-0.05, 0) is 0 Å². The summed E-state index contributed by atoms with van der Waals surface area (Å²) in [7, 11) is 0. The number of rotatable bonds is 1. The molecule has 0 heterocycles. The summed E-state index contributed by atoms with van der Waals surface area (Å²) in [6.45, 7) is 6.55. The summed E-state index contributed by atoms with van der Waals surface area (Å²) < 4.78 is 1.46. The molecule has 4 N–H and O–H groups in total. The van der Waals surface area contributed by atoms with E-state index >= 15 is 0 Å². The molecule has 0 fully saturated rings. The van der Waals surface area contributed by atoms with Gasteiger partial charge in [-0.15, -0.1) is 0 Å². The van der Waals surface area contributed by atoms with Crippen molar-refractivity contribution in [2.45, 2.75) is 44.7 Å². The normalized spacial score (nSPS) is 5.95. The van der Waals surface area contributed by atoms with Gasteiger partial charge in [-0.2, -0.15) is 0 Å². The van der Waals surface area contributed by atoms with E-state index in [0.717, 1.165) is 27.7 Å². The van der Waals surface area contributed by atoms with Crippen LogP contribution in [0.4, 0.5) is 0 Å². The second kappa shape index (κ2) is 42.7. The van der Waals surface area contributed by atoms with E-state index in [1.165, 1.54) is 38.0 Å². The molecule has 0 bridgehead atoms. The maximum absolute atomic E-state index is 9.00. The van der Waals surface area contributed by atoms with Crippen LogP contribution in [0, 0.1) is 0 Å². The van der Waals surface area contributed by atoms with Crippen LogP contribution in [0.25, 0.3) is 0 Å². The fraction of sp³-hybridized carbons (Fsp3) is 0.636. The van der Waals surface area contributed by atoms with Crippen LogP contribution in [0.1, 0.15) is 41.0 Å². The Hall–Kier alpha value is -1.20. The SMILES string of the molecule is CC(=O)O.CC(=O)O.CC(=O)O.CC(=O)O.CC[CH2][Na].[N].[N]. The Bertz CT molecular complexity index is 196. The van der Waals surface area contributed by atoms with E-state index in [2.05, 4.69) is 6.92 Å². The number of carboxylic acid groups (broad SMARTS) is 4. The van der Waals surface area contributed by atoms with Gasteiger partial charge < -0.3 is 20.4 Å². The molecule has 11 heteroatoms. The largest absolute Gasteiger partial charge is 0 e. The molecule has 0 aromatic rings. The van der Waals surface area contributed by atoms with E-state index in [1.807, 2.05) is 0 Å². The summed E-state index contributed by atoms with van der Waals surface area (Å²) in [4.78, 5) is 36.0. The smallest absolute Gasteiger partial charge is 0 e. The molecule has 0 aliphatic rings. The van der Waals surface area contributed by atoms with Gasteiger partial charge in [-0.25, -0.2) is 0 Å². The molecular weight excluding hydrogens is 311 g/mol. The Morgan fingerprint density at radius 2 is 0.727 bits per heavy atom. The van der Waals surface area contributed by atoms with Crippen molar-refractivity contribution in [1.29, 1.82) is 0 Å². The molecule has 6 radical (unpaired) electrons. The Morgan fingerprint density at radius 3 is 0.727 bits per heavy atom. The van der Waals surface area contributed by atoms with Gasteiger partial charge in [-0.1, -0.05) is 0 Å². The quantitative estimate of drug-likeness (QED) is 0.491. The molecule has 0 aliphatic heterocycles. The first kappa shape index (κ1) is 42.8. The third-order valence-corrected chi connectivity index (χ3v) is 1.50. The van der Waals surface area contributed by atoms with Crippen molar-refractivity contribution in [3.63, 3.8) is 0 Å². The average Bonchev–Trinajstić information content (AvgIpc) is 2.13.